The lowest BCUT2D eigenvalue weighted by atomic mass is 9.92. The van der Waals surface area contributed by atoms with Crippen LogP contribution in [0.15, 0.2) is 60.7 Å². The molecule has 0 radical (unpaired) electrons. The number of nitrogens with zero attached hydrogens (tertiary/aromatic N) is 1. The van der Waals surface area contributed by atoms with Crippen LogP contribution in [0.5, 0.6) is 11.5 Å². The second kappa shape index (κ2) is 8.60. The lowest BCUT2D eigenvalue weighted by molar-refractivity contribution is -0.126. The standard InChI is InChI=1S/C26H28N2O3/c1-18(22-8-4-6-20-5-2-3-7-23(20)22)28-13-11-21(12-14-28)26(29)27-16-19-9-10-24-25(15-19)31-17-30-24/h2-10,15,18,21H,11-14,16-17H2,1H3,(H,27,29)/t18-/m0/s1. The van der Waals surface area contributed by atoms with Crippen molar-refractivity contribution in [3.8, 4) is 11.5 Å². The van der Waals surface area contributed by atoms with Crippen LogP contribution in [0.4, 0.5) is 0 Å². The Kier molecular flexibility index (Phi) is 5.51. The molecule has 2 aliphatic rings. The molecule has 1 amide bonds. The van der Waals surface area contributed by atoms with Gasteiger partial charge in [-0.15, -0.1) is 0 Å². The van der Waals surface area contributed by atoms with Crippen molar-refractivity contribution in [2.24, 2.45) is 5.92 Å². The van der Waals surface area contributed by atoms with E-state index in [1.807, 2.05) is 18.2 Å². The van der Waals surface area contributed by atoms with Crippen molar-refractivity contribution in [2.75, 3.05) is 19.9 Å². The highest BCUT2D eigenvalue weighted by molar-refractivity contribution is 5.86. The van der Waals surface area contributed by atoms with E-state index >= 15 is 0 Å². The molecule has 1 N–H and O–H groups in total. The number of piperidine rings is 1. The van der Waals surface area contributed by atoms with Gasteiger partial charge in [0.1, 0.15) is 0 Å². The summed E-state index contributed by atoms with van der Waals surface area (Å²) in [5, 5.41) is 5.71. The molecule has 0 bridgehead atoms. The number of amides is 1. The number of likely N-dealkylation sites (tertiary alicyclic amines) is 1. The zero-order chi connectivity index (χ0) is 21.2. The largest absolute Gasteiger partial charge is 0.454 e. The van der Waals surface area contributed by atoms with Crippen molar-refractivity contribution < 1.29 is 14.3 Å². The lowest BCUT2D eigenvalue weighted by Crippen LogP contribution is -2.41. The van der Waals surface area contributed by atoms with Crippen LogP contribution in [0.2, 0.25) is 0 Å². The number of fused-ring (bicyclic) bond motifs is 2. The third-order valence-corrected chi connectivity index (χ3v) is 6.63. The van der Waals surface area contributed by atoms with Gasteiger partial charge in [0.15, 0.2) is 11.5 Å². The Balaban J connectivity index is 1.17. The Morgan fingerprint density at radius 3 is 2.68 bits per heavy atom. The first-order valence-electron chi connectivity index (χ1n) is 11.1. The third kappa shape index (κ3) is 4.10. The van der Waals surface area contributed by atoms with E-state index < -0.39 is 0 Å². The minimum absolute atomic E-state index is 0.0741. The molecule has 160 valence electrons. The zero-order valence-corrected chi connectivity index (χ0v) is 17.8. The van der Waals surface area contributed by atoms with Crippen molar-refractivity contribution in [2.45, 2.75) is 32.4 Å². The maximum Gasteiger partial charge on any atom is 0.231 e. The number of hydrogen-bond acceptors (Lipinski definition) is 4. The summed E-state index contributed by atoms with van der Waals surface area (Å²) in [6.07, 6.45) is 1.78. The quantitative estimate of drug-likeness (QED) is 0.657. The van der Waals surface area contributed by atoms with Crippen LogP contribution < -0.4 is 14.8 Å². The molecular formula is C26H28N2O3. The van der Waals surface area contributed by atoms with E-state index in [0.29, 0.717) is 12.6 Å². The first-order chi connectivity index (χ1) is 15.2. The van der Waals surface area contributed by atoms with Crippen LogP contribution in [0.1, 0.15) is 36.9 Å². The zero-order valence-electron chi connectivity index (χ0n) is 17.8. The number of hydrogen-bond donors (Lipinski definition) is 1. The summed E-state index contributed by atoms with van der Waals surface area (Å²) in [5.74, 6) is 1.74. The van der Waals surface area contributed by atoms with E-state index in [4.69, 9.17) is 9.47 Å². The lowest BCUT2D eigenvalue weighted by Gasteiger charge is -2.36. The van der Waals surface area contributed by atoms with Gasteiger partial charge in [-0.25, -0.2) is 0 Å². The number of ether oxygens (including phenoxy) is 2. The van der Waals surface area contributed by atoms with Gasteiger partial charge in [-0.3, -0.25) is 9.69 Å². The van der Waals surface area contributed by atoms with Crippen LogP contribution in [0, 0.1) is 5.92 Å². The molecule has 31 heavy (non-hydrogen) atoms. The summed E-state index contributed by atoms with van der Waals surface area (Å²) in [4.78, 5) is 15.2. The molecule has 5 nitrogen and oxygen atoms in total. The predicted octanol–water partition coefficient (Wildman–Crippen LogP) is 4.66. The van der Waals surface area contributed by atoms with E-state index in [9.17, 15) is 4.79 Å². The Morgan fingerprint density at radius 1 is 1.03 bits per heavy atom. The van der Waals surface area contributed by atoms with Gasteiger partial charge in [-0.1, -0.05) is 48.5 Å². The molecule has 1 atom stereocenters. The number of rotatable bonds is 5. The minimum Gasteiger partial charge on any atom is -0.454 e. The molecule has 0 aliphatic carbocycles. The molecule has 0 saturated carbocycles. The molecule has 0 aromatic heterocycles. The van der Waals surface area contributed by atoms with E-state index in [2.05, 4.69) is 59.6 Å². The summed E-state index contributed by atoms with van der Waals surface area (Å²) >= 11 is 0. The van der Waals surface area contributed by atoms with Crippen LogP contribution in [0.3, 0.4) is 0 Å². The van der Waals surface area contributed by atoms with Gasteiger partial charge >= 0.3 is 0 Å². The van der Waals surface area contributed by atoms with Gasteiger partial charge in [0.05, 0.1) is 0 Å². The van der Waals surface area contributed by atoms with Crippen molar-refractivity contribution in [1.29, 1.82) is 0 Å². The van der Waals surface area contributed by atoms with Gasteiger partial charge in [-0.05, 0) is 66.9 Å². The summed E-state index contributed by atoms with van der Waals surface area (Å²) in [6.45, 7) is 4.93. The molecule has 1 fully saturated rings. The van der Waals surface area contributed by atoms with Crippen LogP contribution in [-0.2, 0) is 11.3 Å². The van der Waals surface area contributed by atoms with E-state index in [1.165, 1.54) is 16.3 Å². The average molecular weight is 417 g/mol. The number of carbonyl (C=O) groups excluding carboxylic acids is 1. The monoisotopic (exact) mass is 416 g/mol. The van der Waals surface area contributed by atoms with Crippen LogP contribution in [-0.4, -0.2) is 30.7 Å². The predicted molar refractivity (Wildman–Crippen MR) is 121 cm³/mol. The van der Waals surface area contributed by atoms with Gasteiger partial charge < -0.3 is 14.8 Å². The summed E-state index contributed by atoms with van der Waals surface area (Å²) < 4.78 is 10.8. The second-order valence-corrected chi connectivity index (χ2v) is 8.46. The average Bonchev–Trinajstić information content (AvgIpc) is 3.30. The Morgan fingerprint density at radius 2 is 1.81 bits per heavy atom. The number of benzene rings is 3. The van der Waals surface area contributed by atoms with Crippen molar-refractivity contribution in [1.82, 2.24) is 10.2 Å². The summed E-state index contributed by atoms with van der Waals surface area (Å²) in [5.41, 5.74) is 2.39. The van der Waals surface area contributed by atoms with E-state index in [0.717, 1.165) is 43.0 Å². The molecule has 3 aromatic rings. The molecule has 2 aliphatic heterocycles. The molecule has 1 saturated heterocycles. The molecule has 5 rings (SSSR count). The molecule has 3 aromatic carbocycles. The molecular weight excluding hydrogens is 388 g/mol. The fourth-order valence-electron chi connectivity index (χ4n) is 4.74. The van der Waals surface area contributed by atoms with Crippen molar-refractivity contribution in [3.05, 3.63) is 71.8 Å². The highest BCUT2D eigenvalue weighted by Gasteiger charge is 2.28. The Labute approximate surface area is 183 Å². The highest BCUT2D eigenvalue weighted by atomic mass is 16.7. The Bertz CT molecular complexity index is 1080. The fraction of sp³-hybridized carbons (Fsp3) is 0.346. The van der Waals surface area contributed by atoms with E-state index in [-0.39, 0.29) is 18.6 Å². The molecule has 2 heterocycles. The smallest absolute Gasteiger partial charge is 0.231 e. The third-order valence-electron chi connectivity index (χ3n) is 6.63. The van der Waals surface area contributed by atoms with Gasteiger partial charge in [-0.2, -0.15) is 0 Å². The van der Waals surface area contributed by atoms with Crippen LogP contribution >= 0.6 is 0 Å². The fourth-order valence-corrected chi connectivity index (χ4v) is 4.74. The van der Waals surface area contributed by atoms with Gasteiger partial charge in [0, 0.05) is 18.5 Å². The van der Waals surface area contributed by atoms with Crippen molar-refractivity contribution in [3.63, 3.8) is 0 Å². The topological polar surface area (TPSA) is 50.8 Å². The van der Waals surface area contributed by atoms with Crippen molar-refractivity contribution >= 4 is 16.7 Å². The minimum atomic E-state index is 0.0741. The number of carbonyl (C=O) groups is 1. The molecule has 5 heteroatoms. The highest BCUT2D eigenvalue weighted by Crippen LogP contribution is 2.33. The maximum atomic E-state index is 12.7. The first kappa shape index (κ1) is 19.9. The maximum absolute atomic E-state index is 12.7. The SMILES string of the molecule is C[C@@H](c1cccc2ccccc12)N1CCC(C(=O)NCc2ccc3c(c2)OCO3)CC1. The Hall–Kier alpha value is -3.05. The van der Waals surface area contributed by atoms with E-state index in [1.54, 1.807) is 0 Å². The normalized spacial score (nSPS) is 17.6. The summed E-state index contributed by atoms with van der Waals surface area (Å²) in [6, 6.07) is 21.3. The van der Waals surface area contributed by atoms with Crippen LogP contribution in [0.25, 0.3) is 10.8 Å². The molecule has 0 unspecified atom stereocenters. The second-order valence-electron chi connectivity index (χ2n) is 8.46. The van der Waals surface area contributed by atoms with Gasteiger partial charge in [0.2, 0.25) is 12.7 Å². The molecule has 0 spiro atoms. The first-order valence-corrected chi connectivity index (χ1v) is 11.1. The number of nitrogens with one attached hydrogen (secondary N) is 1. The summed E-state index contributed by atoms with van der Waals surface area (Å²) in [7, 11) is 0. The van der Waals surface area contributed by atoms with Gasteiger partial charge in [0.25, 0.3) is 0 Å².